The Morgan fingerprint density at radius 2 is 2.22 bits per heavy atom. The van der Waals surface area contributed by atoms with Crippen molar-refractivity contribution in [3.63, 3.8) is 0 Å². The molecule has 0 spiro atoms. The Kier molecular flexibility index (Phi) is 6.79. The maximum absolute atomic E-state index is 11.7. The van der Waals surface area contributed by atoms with Gasteiger partial charge in [-0.3, -0.25) is 4.79 Å². The molecule has 0 radical (unpaired) electrons. The van der Waals surface area contributed by atoms with Crippen molar-refractivity contribution in [2.45, 2.75) is 19.8 Å². The minimum Gasteiger partial charge on any atom is -0.385 e. The minimum absolute atomic E-state index is 0.129. The third-order valence-corrected chi connectivity index (χ3v) is 2.44. The summed E-state index contributed by atoms with van der Waals surface area (Å²) in [6.45, 7) is 4.23. The van der Waals surface area contributed by atoms with Crippen LogP contribution in [0, 0.1) is 0 Å². The van der Waals surface area contributed by atoms with Crippen molar-refractivity contribution < 1.29 is 9.53 Å². The highest BCUT2D eigenvalue weighted by molar-refractivity contribution is 5.92. The summed E-state index contributed by atoms with van der Waals surface area (Å²) in [7, 11) is 1.67. The van der Waals surface area contributed by atoms with Crippen LogP contribution in [-0.4, -0.2) is 37.7 Å². The molecular formula is C13H21N3O2. The Labute approximate surface area is 108 Å². The van der Waals surface area contributed by atoms with Gasteiger partial charge >= 0.3 is 0 Å². The van der Waals surface area contributed by atoms with E-state index in [2.05, 4.69) is 15.6 Å². The monoisotopic (exact) mass is 251 g/mol. The molecular weight excluding hydrogens is 230 g/mol. The molecule has 5 nitrogen and oxygen atoms in total. The second-order valence-corrected chi connectivity index (χ2v) is 3.92. The predicted molar refractivity (Wildman–Crippen MR) is 71.8 cm³/mol. The maximum Gasteiger partial charge on any atom is 0.269 e. The van der Waals surface area contributed by atoms with Gasteiger partial charge in [-0.1, -0.05) is 0 Å². The number of methoxy groups -OCH3 is 1. The first-order chi connectivity index (χ1) is 8.77. The number of carbonyl (C=O) groups is 1. The zero-order valence-electron chi connectivity index (χ0n) is 11.0. The number of anilines is 1. The van der Waals surface area contributed by atoms with E-state index in [-0.39, 0.29) is 5.91 Å². The summed E-state index contributed by atoms with van der Waals surface area (Å²) in [5.74, 6) is -0.129. The van der Waals surface area contributed by atoms with Crippen molar-refractivity contribution in [2.75, 3.05) is 32.1 Å². The van der Waals surface area contributed by atoms with E-state index in [1.165, 1.54) is 0 Å². The van der Waals surface area contributed by atoms with Crippen molar-refractivity contribution in [1.29, 1.82) is 0 Å². The normalized spacial score (nSPS) is 10.1. The van der Waals surface area contributed by atoms with Crippen LogP contribution in [-0.2, 0) is 4.74 Å². The smallest absolute Gasteiger partial charge is 0.269 e. The lowest BCUT2D eigenvalue weighted by Crippen LogP contribution is -2.25. The van der Waals surface area contributed by atoms with Crippen LogP contribution in [0.1, 0.15) is 30.3 Å². The Morgan fingerprint density at radius 1 is 1.39 bits per heavy atom. The van der Waals surface area contributed by atoms with Crippen molar-refractivity contribution >= 4 is 11.6 Å². The van der Waals surface area contributed by atoms with Gasteiger partial charge in [-0.15, -0.1) is 0 Å². The first-order valence-electron chi connectivity index (χ1n) is 6.25. The molecule has 2 N–H and O–H groups in total. The zero-order chi connectivity index (χ0) is 13.2. The highest BCUT2D eigenvalue weighted by Crippen LogP contribution is 2.05. The number of pyridine rings is 1. The number of rotatable bonds is 8. The van der Waals surface area contributed by atoms with Crippen LogP contribution in [0.25, 0.3) is 0 Å². The molecule has 5 heteroatoms. The average Bonchev–Trinajstić information content (AvgIpc) is 2.39. The van der Waals surface area contributed by atoms with Crippen molar-refractivity contribution in [3.05, 3.63) is 24.0 Å². The van der Waals surface area contributed by atoms with Crippen LogP contribution in [0.5, 0.6) is 0 Å². The van der Waals surface area contributed by atoms with Crippen molar-refractivity contribution in [2.24, 2.45) is 0 Å². The fourth-order valence-corrected chi connectivity index (χ4v) is 1.50. The molecule has 0 saturated heterocycles. The number of carbonyl (C=O) groups excluding carboxylic acids is 1. The van der Waals surface area contributed by atoms with Crippen molar-refractivity contribution in [3.8, 4) is 0 Å². The largest absolute Gasteiger partial charge is 0.385 e. The summed E-state index contributed by atoms with van der Waals surface area (Å²) in [6, 6.07) is 3.58. The highest BCUT2D eigenvalue weighted by Gasteiger charge is 2.05. The van der Waals surface area contributed by atoms with E-state index < -0.39 is 0 Å². The summed E-state index contributed by atoms with van der Waals surface area (Å²) in [5, 5.41) is 5.96. The van der Waals surface area contributed by atoms with E-state index in [4.69, 9.17) is 4.74 Å². The molecule has 1 aromatic rings. The first-order valence-corrected chi connectivity index (χ1v) is 6.25. The van der Waals surface area contributed by atoms with Crippen LogP contribution in [0.15, 0.2) is 18.3 Å². The zero-order valence-corrected chi connectivity index (χ0v) is 11.0. The minimum atomic E-state index is -0.129. The molecule has 0 aromatic carbocycles. The number of amides is 1. The van der Waals surface area contributed by atoms with Crippen LogP contribution in [0.4, 0.5) is 5.69 Å². The SMILES string of the molecule is CCNc1ccc(C(=O)NCCCCOC)nc1. The van der Waals surface area contributed by atoms with Gasteiger partial charge in [0.05, 0.1) is 11.9 Å². The number of unbranched alkanes of at least 4 members (excludes halogenated alkanes) is 1. The molecule has 0 unspecified atom stereocenters. The second kappa shape index (κ2) is 8.47. The Morgan fingerprint density at radius 3 is 2.83 bits per heavy atom. The van der Waals surface area contributed by atoms with Gasteiger partial charge in [0.2, 0.25) is 0 Å². The first kappa shape index (κ1) is 14.4. The number of nitrogens with one attached hydrogen (secondary N) is 2. The van der Waals surface area contributed by atoms with Crippen LogP contribution >= 0.6 is 0 Å². The van der Waals surface area contributed by atoms with Gasteiger partial charge in [-0.05, 0) is 31.9 Å². The van der Waals surface area contributed by atoms with E-state index in [0.29, 0.717) is 12.2 Å². The fraction of sp³-hybridized carbons (Fsp3) is 0.538. The van der Waals surface area contributed by atoms with Gasteiger partial charge in [0, 0.05) is 26.8 Å². The molecule has 0 saturated carbocycles. The molecule has 1 aromatic heterocycles. The van der Waals surface area contributed by atoms with Gasteiger partial charge in [-0.25, -0.2) is 4.98 Å². The number of hydrogen-bond acceptors (Lipinski definition) is 4. The van der Waals surface area contributed by atoms with E-state index in [1.54, 1.807) is 19.4 Å². The average molecular weight is 251 g/mol. The molecule has 100 valence electrons. The Hall–Kier alpha value is -1.62. The molecule has 0 aliphatic heterocycles. The lowest BCUT2D eigenvalue weighted by Gasteiger charge is -2.06. The van der Waals surface area contributed by atoms with Gasteiger partial charge < -0.3 is 15.4 Å². The predicted octanol–water partition coefficient (Wildman–Crippen LogP) is 1.67. The molecule has 1 rings (SSSR count). The van der Waals surface area contributed by atoms with Crippen LogP contribution < -0.4 is 10.6 Å². The molecule has 0 bridgehead atoms. The van der Waals surface area contributed by atoms with Crippen LogP contribution in [0.3, 0.4) is 0 Å². The van der Waals surface area contributed by atoms with E-state index in [1.807, 2.05) is 13.0 Å². The van der Waals surface area contributed by atoms with E-state index >= 15 is 0 Å². The topological polar surface area (TPSA) is 63.2 Å². The third kappa shape index (κ3) is 5.14. The number of nitrogens with zero attached hydrogens (tertiary/aromatic N) is 1. The molecule has 0 fully saturated rings. The molecule has 1 amide bonds. The van der Waals surface area contributed by atoms with Crippen LogP contribution in [0.2, 0.25) is 0 Å². The standard InChI is InChI=1S/C13H21N3O2/c1-3-14-11-6-7-12(16-10-11)13(17)15-8-4-5-9-18-2/h6-7,10,14H,3-5,8-9H2,1-2H3,(H,15,17). The fourth-order valence-electron chi connectivity index (χ4n) is 1.50. The molecule has 0 atom stereocenters. The summed E-state index contributed by atoms with van der Waals surface area (Å²) < 4.78 is 4.94. The lowest BCUT2D eigenvalue weighted by molar-refractivity contribution is 0.0946. The van der Waals surface area contributed by atoms with Gasteiger partial charge in [-0.2, -0.15) is 0 Å². The Balaban J connectivity index is 2.32. The number of hydrogen-bond donors (Lipinski definition) is 2. The van der Waals surface area contributed by atoms with E-state index in [0.717, 1.165) is 31.7 Å². The lowest BCUT2D eigenvalue weighted by atomic mass is 10.3. The molecule has 18 heavy (non-hydrogen) atoms. The highest BCUT2D eigenvalue weighted by atomic mass is 16.5. The quantitative estimate of drug-likeness (QED) is 0.690. The summed E-state index contributed by atoms with van der Waals surface area (Å²) in [4.78, 5) is 15.8. The van der Waals surface area contributed by atoms with Gasteiger partial charge in [0.15, 0.2) is 0 Å². The molecule has 0 aliphatic carbocycles. The number of ether oxygens (including phenoxy) is 1. The van der Waals surface area contributed by atoms with Gasteiger partial charge in [0.1, 0.15) is 5.69 Å². The number of aromatic nitrogens is 1. The van der Waals surface area contributed by atoms with Gasteiger partial charge in [0.25, 0.3) is 5.91 Å². The summed E-state index contributed by atoms with van der Waals surface area (Å²) in [5.41, 5.74) is 1.37. The summed E-state index contributed by atoms with van der Waals surface area (Å²) in [6.07, 6.45) is 3.53. The second-order valence-electron chi connectivity index (χ2n) is 3.92. The van der Waals surface area contributed by atoms with Crippen molar-refractivity contribution in [1.82, 2.24) is 10.3 Å². The third-order valence-electron chi connectivity index (χ3n) is 2.44. The molecule has 1 heterocycles. The maximum atomic E-state index is 11.7. The summed E-state index contributed by atoms with van der Waals surface area (Å²) >= 11 is 0. The molecule has 0 aliphatic rings. The Bertz CT molecular complexity index is 352. The van der Waals surface area contributed by atoms with E-state index in [9.17, 15) is 4.79 Å².